The lowest BCUT2D eigenvalue weighted by Gasteiger charge is -2.15. The number of hydrogen-bond acceptors (Lipinski definition) is 5. The van der Waals surface area contributed by atoms with Crippen LogP contribution in [-0.4, -0.2) is 16.7 Å². The number of aromatic nitrogens is 1. The van der Waals surface area contributed by atoms with Crippen molar-refractivity contribution in [1.82, 2.24) is 4.98 Å². The van der Waals surface area contributed by atoms with E-state index in [9.17, 15) is 14.5 Å². The van der Waals surface area contributed by atoms with Gasteiger partial charge in [0.1, 0.15) is 12.4 Å². The number of rotatable bonds is 5. The molecule has 0 aliphatic heterocycles. The minimum atomic E-state index is -0.826. The summed E-state index contributed by atoms with van der Waals surface area (Å²) < 4.78 is 12.9. The molecule has 1 aromatic carbocycles. The van der Waals surface area contributed by atoms with E-state index in [1.54, 1.807) is 17.6 Å². The smallest absolute Gasteiger partial charge is 0.294 e. The first-order valence-electron chi connectivity index (χ1n) is 5.50. The van der Waals surface area contributed by atoms with Crippen LogP contribution in [0.4, 0.5) is 4.39 Å². The first-order valence-corrected chi connectivity index (χ1v) is 6.38. The first-order chi connectivity index (χ1) is 9.08. The topological polar surface area (TPSA) is 65.3 Å². The average molecular weight is 282 g/mol. The molecule has 0 aliphatic carbocycles. The van der Waals surface area contributed by atoms with Crippen molar-refractivity contribution in [1.29, 1.82) is 0 Å². The highest BCUT2D eigenvalue weighted by molar-refractivity contribution is 7.09. The molecule has 0 bridgehead atoms. The summed E-state index contributed by atoms with van der Waals surface area (Å²) in [4.78, 5) is 19.8. The third-order valence-corrected chi connectivity index (χ3v) is 3.76. The summed E-state index contributed by atoms with van der Waals surface area (Å²) >= 11 is 1.40. The van der Waals surface area contributed by atoms with Gasteiger partial charge in [0, 0.05) is 10.8 Å². The van der Waals surface area contributed by atoms with Gasteiger partial charge >= 0.3 is 0 Å². The van der Waals surface area contributed by atoms with E-state index in [1.807, 2.05) is 6.92 Å². The molecule has 1 atom stereocenters. The molecule has 0 fully saturated rings. The zero-order chi connectivity index (χ0) is 13.8. The van der Waals surface area contributed by atoms with Gasteiger partial charge in [0.15, 0.2) is 0 Å². The van der Waals surface area contributed by atoms with E-state index in [4.69, 9.17) is 0 Å². The second-order valence-corrected chi connectivity index (χ2v) is 4.81. The molecule has 1 heterocycles. The Bertz CT molecular complexity index is 571. The maximum Gasteiger partial charge on any atom is 0.294 e. The first kappa shape index (κ1) is 13.4. The third-order valence-electron chi connectivity index (χ3n) is 2.72. The molecule has 0 amide bonds. The summed E-state index contributed by atoms with van der Waals surface area (Å²) in [7, 11) is 0. The second kappa shape index (κ2) is 5.75. The number of aryl methyl sites for hydroxylation is 1. The van der Waals surface area contributed by atoms with E-state index in [1.165, 1.54) is 23.5 Å². The van der Waals surface area contributed by atoms with Crippen LogP contribution < -0.4 is 0 Å². The summed E-state index contributed by atoms with van der Waals surface area (Å²) in [5.41, 5.74) is 3.23. The largest absolute Gasteiger partial charge is 0.313 e. The van der Waals surface area contributed by atoms with Crippen molar-refractivity contribution in [3.8, 4) is 0 Å². The molecule has 0 spiro atoms. The molecule has 0 saturated heterocycles. The van der Waals surface area contributed by atoms with Crippen molar-refractivity contribution >= 4 is 11.3 Å². The zero-order valence-electron chi connectivity index (χ0n) is 10.1. The number of nitrogens with zero attached hydrogens (tertiary/aromatic N) is 2. The predicted molar refractivity (Wildman–Crippen MR) is 68.0 cm³/mol. The van der Waals surface area contributed by atoms with Crippen LogP contribution in [0.5, 0.6) is 0 Å². The molecule has 0 N–H and O–H groups in total. The lowest BCUT2D eigenvalue weighted by Crippen LogP contribution is -2.13. The molecule has 2 aromatic rings. The van der Waals surface area contributed by atoms with Crippen molar-refractivity contribution in [3.05, 3.63) is 61.8 Å². The molecule has 1 aromatic heterocycles. The van der Waals surface area contributed by atoms with Crippen LogP contribution >= 0.6 is 11.3 Å². The van der Waals surface area contributed by atoms with Crippen LogP contribution in [0.25, 0.3) is 0 Å². The highest BCUT2D eigenvalue weighted by Gasteiger charge is 2.20. The van der Waals surface area contributed by atoms with Crippen LogP contribution in [0.1, 0.15) is 22.1 Å². The fourth-order valence-electron chi connectivity index (χ4n) is 1.80. The van der Waals surface area contributed by atoms with Gasteiger partial charge in [-0.25, -0.2) is 9.37 Å². The van der Waals surface area contributed by atoms with Crippen LogP contribution in [0, 0.1) is 22.9 Å². The second-order valence-electron chi connectivity index (χ2n) is 3.93. The Hall–Kier alpha value is -2.02. The maximum absolute atomic E-state index is 12.9. The van der Waals surface area contributed by atoms with Gasteiger partial charge in [-0.05, 0) is 24.6 Å². The van der Waals surface area contributed by atoms with Crippen LogP contribution in [0.2, 0.25) is 0 Å². The van der Waals surface area contributed by atoms with Crippen LogP contribution in [0.15, 0.2) is 29.8 Å². The molecule has 19 heavy (non-hydrogen) atoms. The SMILES string of the molecule is Cc1ncsc1C(CO[N+](=O)[O-])c1ccc(F)cc1. The van der Waals surface area contributed by atoms with Crippen LogP contribution in [0.3, 0.4) is 0 Å². The molecule has 0 aliphatic rings. The van der Waals surface area contributed by atoms with Gasteiger partial charge in [0.25, 0.3) is 5.09 Å². The molecule has 0 saturated carbocycles. The molecule has 100 valence electrons. The maximum atomic E-state index is 12.9. The molecule has 2 rings (SSSR count). The van der Waals surface area contributed by atoms with Gasteiger partial charge in [-0.15, -0.1) is 21.5 Å². The van der Waals surface area contributed by atoms with Crippen molar-refractivity contribution in [2.45, 2.75) is 12.8 Å². The molecule has 0 radical (unpaired) electrons. The number of hydrogen-bond donors (Lipinski definition) is 0. The molecular weight excluding hydrogens is 271 g/mol. The fraction of sp³-hybridized carbons (Fsp3) is 0.250. The average Bonchev–Trinajstić information content (AvgIpc) is 2.78. The summed E-state index contributed by atoms with van der Waals surface area (Å²) in [6.07, 6.45) is 0. The molecule has 5 nitrogen and oxygen atoms in total. The van der Waals surface area contributed by atoms with Gasteiger partial charge in [-0.2, -0.15) is 0 Å². The monoisotopic (exact) mass is 282 g/mol. The predicted octanol–water partition coefficient (Wildman–Crippen LogP) is 2.93. The Balaban J connectivity index is 2.31. The highest BCUT2D eigenvalue weighted by atomic mass is 32.1. The van der Waals surface area contributed by atoms with E-state index < -0.39 is 5.09 Å². The Labute approximate surface area is 112 Å². The molecular formula is C12H11FN2O3S. The standard InChI is InChI=1S/C12H11FN2O3S/c1-8-12(19-7-14-8)11(6-18-15(16)17)9-2-4-10(13)5-3-9/h2-5,7,11H,6H2,1H3. The van der Waals surface area contributed by atoms with E-state index >= 15 is 0 Å². The van der Waals surface area contributed by atoms with Crippen molar-refractivity contribution in [2.75, 3.05) is 6.61 Å². The van der Waals surface area contributed by atoms with E-state index in [0.717, 1.165) is 16.1 Å². The van der Waals surface area contributed by atoms with Gasteiger partial charge < -0.3 is 4.84 Å². The summed E-state index contributed by atoms with van der Waals surface area (Å²) in [5, 5.41) is 9.53. The van der Waals surface area contributed by atoms with Gasteiger partial charge in [0.2, 0.25) is 0 Å². The van der Waals surface area contributed by atoms with Crippen molar-refractivity contribution in [2.24, 2.45) is 0 Å². The molecule has 1 unspecified atom stereocenters. The lowest BCUT2D eigenvalue weighted by atomic mass is 9.97. The van der Waals surface area contributed by atoms with Gasteiger partial charge in [-0.3, -0.25) is 0 Å². The minimum absolute atomic E-state index is 0.109. The highest BCUT2D eigenvalue weighted by Crippen LogP contribution is 2.30. The minimum Gasteiger partial charge on any atom is -0.313 e. The van der Waals surface area contributed by atoms with E-state index in [-0.39, 0.29) is 18.3 Å². The van der Waals surface area contributed by atoms with E-state index in [0.29, 0.717) is 0 Å². The fourth-order valence-corrected chi connectivity index (χ4v) is 2.72. The quantitative estimate of drug-likeness (QED) is 0.624. The Morgan fingerprint density at radius 3 is 2.68 bits per heavy atom. The zero-order valence-corrected chi connectivity index (χ0v) is 10.9. The number of thiazole rings is 1. The van der Waals surface area contributed by atoms with Gasteiger partial charge in [0.05, 0.1) is 11.2 Å². The Morgan fingerprint density at radius 2 is 2.16 bits per heavy atom. The summed E-state index contributed by atoms with van der Waals surface area (Å²) in [6, 6.07) is 5.85. The number of halogens is 1. The molecule has 7 heteroatoms. The normalized spacial score (nSPS) is 12.1. The Kier molecular flexibility index (Phi) is 4.06. The number of benzene rings is 1. The van der Waals surface area contributed by atoms with Crippen LogP contribution in [-0.2, 0) is 4.84 Å². The van der Waals surface area contributed by atoms with Crippen molar-refractivity contribution in [3.63, 3.8) is 0 Å². The van der Waals surface area contributed by atoms with Gasteiger partial charge in [-0.1, -0.05) is 12.1 Å². The summed E-state index contributed by atoms with van der Waals surface area (Å²) in [5.74, 6) is -0.669. The summed E-state index contributed by atoms with van der Waals surface area (Å²) in [6.45, 7) is 1.72. The van der Waals surface area contributed by atoms with E-state index in [2.05, 4.69) is 9.82 Å². The lowest BCUT2D eigenvalue weighted by molar-refractivity contribution is -0.758. The Morgan fingerprint density at radius 1 is 1.47 bits per heavy atom. The third kappa shape index (κ3) is 3.25. The van der Waals surface area contributed by atoms with Crippen molar-refractivity contribution < 1.29 is 14.3 Å².